The molecular formula is C18H28N2O4. The number of rotatable bonds is 8. The summed E-state index contributed by atoms with van der Waals surface area (Å²) >= 11 is 0. The molecule has 0 aliphatic carbocycles. The molecule has 6 heteroatoms. The highest BCUT2D eigenvalue weighted by Gasteiger charge is 2.22. The van der Waals surface area contributed by atoms with E-state index in [1.807, 2.05) is 35.2 Å². The zero-order valence-electron chi connectivity index (χ0n) is 14.9. The maximum Gasteiger partial charge on any atom is 0.407 e. The van der Waals surface area contributed by atoms with Gasteiger partial charge >= 0.3 is 12.1 Å². The topological polar surface area (TPSA) is 78.9 Å². The maximum atomic E-state index is 11.6. The Bertz CT molecular complexity index is 526. The molecule has 0 saturated heterocycles. The van der Waals surface area contributed by atoms with Crippen molar-refractivity contribution in [2.45, 2.75) is 51.8 Å². The number of carboxylic acids is 1. The van der Waals surface area contributed by atoms with Crippen molar-refractivity contribution < 1.29 is 19.4 Å². The number of carboxylic acid groups (broad SMARTS) is 1. The Kier molecular flexibility index (Phi) is 7.71. The second-order valence-electron chi connectivity index (χ2n) is 6.83. The quantitative estimate of drug-likeness (QED) is 0.714. The van der Waals surface area contributed by atoms with Gasteiger partial charge in [0.2, 0.25) is 0 Å². The van der Waals surface area contributed by atoms with Crippen LogP contribution in [-0.4, -0.2) is 47.3 Å². The summed E-state index contributed by atoms with van der Waals surface area (Å²) in [7, 11) is 1.80. The Labute approximate surface area is 143 Å². The molecule has 0 aromatic heterocycles. The van der Waals surface area contributed by atoms with Crippen molar-refractivity contribution in [3.05, 3.63) is 35.9 Å². The molecule has 1 aromatic carbocycles. The monoisotopic (exact) mass is 336 g/mol. The van der Waals surface area contributed by atoms with Crippen LogP contribution in [-0.2, 0) is 16.1 Å². The summed E-state index contributed by atoms with van der Waals surface area (Å²) in [6.07, 6.45) is 0.538. The van der Waals surface area contributed by atoms with E-state index in [-0.39, 0.29) is 0 Å². The molecule has 0 heterocycles. The van der Waals surface area contributed by atoms with E-state index in [0.29, 0.717) is 25.9 Å². The SMILES string of the molecule is CN(Cc1ccccc1)[C@@H](CCCNC(=O)OC(C)(C)C)C(=O)O. The first-order valence-corrected chi connectivity index (χ1v) is 8.13. The van der Waals surface area contributed by atoms with E-state index in [1.54, 1.807) is 27.8 Å². The van der Waals surface area contributed by atoms with E-state index in [2.05, 4.69) is 5.32 Å². The standard InChI is InChI=1S/C18H28N2O4/c1-18(2,3)24-17(23)19-12-8-11-15(16(21)22)20(4)13-14-9-6-5-7-10-14/h5-7,9-10,15H,8,11-13H2,1-4H3,(H,19,23)(H,21,22)/t15-/m0/s1. The third-order valence-corrected chi connectivity index (χ3v) is 3.41. The van der Waals surface area contributed by atoms with Crippen LogP contribution in [0.15, 0.2) is 30.3 Å². The van der Waals surface area contributed by atoms with Crippen LogP contribution in [0.3, 0.4) is 0 Å². The highest BCUT2D eigenvalue weighted by Crippen LogP contribution is 2.11. The van der Waals surface area contributed by atoms with Crippen LogP contribution in [0.5, 0.6) is 0 Å². The number of ether oxygens (including phenoxy) is 1. The first-order chi connectivity index (χ1) is 11.2. The number of carbonyl (C=O) groups is 2. The van der Waals surface area contributed by atoms with Crippen molar-refractivity contribution in [1.29, 1.82) is 0 Å². The molecule has 1 aromatic rings. The first-order valence-electron chi connectivity index (χ1n) is 8.13. The minimum absolute atomic E-state index is 0.387. The Morgan fingerprint density at radius 1 is 1.25 bits per heavy atom. The predicted octanol–water partition coefficient (Wildman–Crippen LogP) is 2.88. The summed E-state index contributed by atoms with van der Waals surface area (Å²) < 4.78 is 5.14. The summed E-state index contributed by atoms with van der Waals surface area (Å²) in [6, 6.07) is 9.15. The molecule has 0 aliphatic rings. The van der Waals surface area contributed by atoms with Crippen LogP contribution in [0, 0.1) is 0 Å². The van der Waals surface area contributed by atoms with Crippen LogP contribution in [0.25, 0.3) is 0 Å². The number of hydrogen-bond acceptors (Lipinski definition) is 4. The van der Waals surface area contributed by atoms with Gasteiger partial charge < -0.3 is 15.2 Å². The Balaban J connectivity index is 2.41. The number of hydrogen-bond donors (Lipinski definition) is 2. The normalized spacial score (nSPS) is 12.7. The van der Waals surface area contributed by atoms with Crippen LogP contribution < -0.4 is 5.32 Å². The molecule has 6 nitrogen and oxygen atoms in total. The van der Waals surface area contributed by atoms with E-state index >= 15 is 0 Å². The van der Waals surface area contributed by atoms with E-state index in [4.69, 9.17) is 4.74 Å². The minimum atomic E-state index is -0.856. The molecule has 0 bridgehead atoms. The van der Waals surface area contributed by atoms with Crippen LogP contribution >= 0.6 is 0 Å². The zero-order chi connectivity index (χ0) is 18.2. The summed E-state index contributed by atoms with van der Waals surface area (Å²) in [5.41, 5.74) is 0.530. The third kappa shape index (κ3) is 7.97. The number of likely N-dealkylation sites (N-methyl/N-ethyl adjacent to an activating group) is 1. The molecule has 0 spiro atoms. The maximum absolute atomic E-state index is 11.6. The summed E-state index contributed by atoms with van der Waals surface area (Å²) in [4.78, 5) is 24.9. The molecule has 0 fully saturated rings. The van der Waals surface area contributed by atoms with Crippen LogP contribution in [0.4, 0.5) is 4.79 Å². The van der Waals surface area contributed by atoms with Gasteiger partial charge in [-0.05, 0) is 46.2 Å². The Morgan fingerprint density at radius 3 is 2.42 bits per heavy atom. The lowest BCUT2D eigenvalue weighted by atomic mass is 10.1. The van der Waals surface area contributed by atoms with Crippen molar-refractivity contribution in [2.24, 2.45) is 0 Å². The minimum Gasteiger partial charge on any atom is -0.480 e. The number of nitrogens with zero attached hydrogens (tertiary/aromatic N) is 1. The summed E-state index contributed by atoms with van der Waals surface area (Å²) in [5.74, 6) is -0.856. The van der Waals surface area contributed by atoms with Crippen molar-refractivity contribution in [3.63, 3.8) is 0 Å². The van der Waals surface area contributed by atoms with E-state index < -0.39 is 23.7 Å². The molecule has 0 saturated carbocycles. The van der Waals surface area contributed by atoms with Gasteiger partial charge in [0.1, 0.15) is 11.6 Å². The van der Waals surface area contributed by atoms with Crippen molar-refractivity contribution in [2.75, 3.05) is 13.6 Å². The lowest BCUT2D eigenvalue weighted by Gasteiger charge is -2.25. The lowest BCUT2D eigenvalue weighted by molar-refractivity contribution is -0.143. The van der Waals surface area contributed by atoms with E-state index in [0.717, 1.165) is 5.56 Å². The second kappa shape index (κ2) is 9.27. The third-order valence-electron chi connectivity index (χ3n) is 3.41. The molecule has 24 heavy (non-hydrogen) atoms. The van der Waals surface area contributed by atoms with Gasteiger partial charge in [-0.15, -0.1) is 0 Å². The number of carbonyl (C=O) groups excluding carboxylic acids is 1. The fourth-order valence-electron chi connectivity index (χ4n) is 2.31. The molecule has 1 rings (SSSR count). The zero-order valence-corrected chi connectivity index (χ0v) is 14.9. The molecule has 1 atom stereocenters. The van der Waals surface area contributed by atoms with Crippen LogP contribution in [0.2, 0.25) is 0 Å². The fourth-order valence-corrected chi connectivity index (χ4v) is 2.31. The molecule has 134 valence electrons. The van der Waals surface area contributed by atoms with Crippen molar-refractivity contribution in [1.82, 2.24) is 10.2 Å². The number of alkyl carbamates (subject to hydrolysis) is 1. The highest BCUT2D eigenvalue weighted by molar-refractivity contribution is 5.73. The van der Waals surface area contributed by atoms with Gasteiger partial charge in [-0.2, -0.15) is 0 Å². The van der Waals surface area contributed by atoms with Gasteiger partial charge in [0.05, 0.1) is 0 Å². The van der Waals surface area contributed by atoms with Gasteiger partial charge in [-0.25, -0.2) is 4.79 Å². The van der Waals surface area contributed by atoms with Gasteiger partial charge in [0.25, 0.3) is 0 Å². The largest absolute Gasteiger partial charge is 0.480 e. The van der Waals surface area contributed by atoms with E-state index in [1.165, 1.54) is 0 Å². The lowest BCUT2D eigenvalue weighted by Crippen LogP contribution is -2.39. The van der Waals surface area contributed by atoms with Crippen molar-refractivity contribution in [3.8, 4) is 0 Å². The number of amides is 1. The molecule has 0 radical (unpaired) electrons. The summed E-state index contributed by atoms with van der Waals surface area (Å²) in [6.45, 7) is 6.35. The predicted molar refractivity (Wildman–Crippen MR) is 92.8 cm³/mol. The van der Waals surface area contributed by atoms with Gasteiger partial charge in [-0.1, -0.05) is 30.3 Å². The fraction of sp³-hybridized carbons (Fsp3) is 0.556. The highest BCUT2D eigenvalue weighted by atomic mass is 16.6. The van der Waals surface area contributed by atoms with E-state index in [9.17, 15) is 14.7 Å². The van der Waals surface area contributed by atoms with Gasteiger partial charge in [-0.3, -0.25) is 9.69 Å². The molecule has 0 unspecified atom stereocenters. The number of benzene rings is 1. The molecular weight excluding hydrogens is 308 g/mol. The Morgan fingerprint density at radius 2 is 1.88 bits per heavy atom. The Hall–Kier alpha value is -2.08. The van der Waals surface area contributed by atoms with Crippen LogP contribution in [0.1, 0.15) is 39.2 Å². The number of aliphatic carboxylic acids is 1. The molecule has 0 aliphatic heterocycles. The second-order valence-corrected chi connectivity index (χ2v) is 6.83. The van der Waals surface area contributed by atoms with Gasteiger partial charge in [0.15, 0.2) is 0 Å². The summed E-state index contributed by atoms with van der Waals surface area (Å²) in [5, 5.41) is 12.1. The molecule has 2 N–H and O–H groups in total. The average molecular weight is 336 g/mol. The first kappa shape index (κ1) is 20.0. The molecule has 1 amide bonds. The smallest absolute Gasteiger partial charge is 0.407 e. The average Bonchev–Trinajstić information content (AvgIpc) is 2.45. The van der Waals surface area contributed by atoms with Gasteiger partial charge in [0, 0.05) is 13.1 Å². The van der Waals surface area contributed by atoms with Crippen molar-refractivity contribution >= 4 is 12.1 Å². The number of nitrogens with one attached hydrogen (secondary N) is 1.